The molecule has 0 aliphatic rings. The summed E-state index contributed by atoms with van der Waals surface area (Å²) in [6.45, 7) is 0.390. The van der Waals surface area contributed by atoms with Crippen LogP contribution in [0.25, 0.3) is 0 Å². The molecule has 0 saturated carbocycles. The SMILES string of the molecule is COc1cc(CCl)cc(Br)c1OCc1ccc(C#N)cc1. The lowest BCUT2D eigenvalue weighted by molar-refractivity contribution is 0.282. The summed E-state index contributed by atoms with van der Waals surface area (Å²) in [5, 5.41) is 8.78. The predicted octanol–water partition coefficient (Wildman–Crippen LogP) is 4.65. The van der Waals surface area contributed by atoms with Gasteiger partial charge in [0.25, 0.3) is 0 Å². The van der Waals surface area contributed by atoms with Gasteiger partial charge in [-0.1, -0.05) is 12.1 Å². The molecule has 0 radical (unpaired) electrons. The molecule has 3 nitrogen and oxygen atoms in total. The highest BCUT2D eigenvalue weighted by Crippen LogP contribution is 2.37. The van der Waals surface area contributed by atoms with E-state index in [0.717, 1.165) is 15.6 Å². The fourth-order valence-electron chi connectivity index (χ4n) is 1.82. The second kappa shape index (κ2) is 7.35. The molecule has 5 heteroatoms. The number of ether oxygens (including phenoxy) is 2. The summed E-state index contributed by atoms with van der Waals surface area (Å²) < 4.78 is 12.0. The molecule has 0 amide bonds. The largest absolute Gasteiger partial charge is 0.493 e. The van der Waals surface area contributed by atoms with Gasteiger partial charge in [0, 0.05) is 5.88 Å². The van der Waals surface area contributed by atoms with Crippen LogP contribution in [-0.4, -0.2) is 7.11 Å². The monoisotopic (exact) mass is 365 g/mol. The molecule has 0 unspecified atom stereocenters. The Labute approximate surface area is 137 Å². The molecule has 2 aromatic rings. The van der Waals surface area contributed by atoms with Gasteiger partial charge in [-0.25, -0.2) is 0 Å². The van der Waals surface area contributed by atoms with E-state index >= 15 is 0 Å². The standard InChI is InChI=1S/C16H13BrClNO2/c1-20-15-7-13(8-18)6-14(17)16(15)21-10-12-4-2-11(9-19)3-5-12/h2-7H,8,10H2,1H3. The van der Waals surface area contributed by atoms with E-state index in [1.165, 1.54) is 0 Å². The number of benzene rings is 2. The van der Waals surface area contributed by atoms with E-state index in [-0.39, 0.29) is 0 Å². The van der Waals surface area contributed by atoms with E-state index in [4.69, 9.17) is 26.3 Å². The normalized spacial score (nSPS) is 10.0. The Balaban J connectivity index is 2.17. The van der Waals surface area contributed by atoms with Crippen LogP contribution >= 0.6 is 27.5 Å². The summed E-state index contributed by atoms with van der Waals surface area (Å²) in [5.41, 5.74) is 2.56. The molecule has 0 bridgehead atoms. The molecule has 0 fully saturated rings. The predicted molar refractivity (Wildman–Crippen MR) is 85.7 cm³/mol. The maximum Gasteiger partial charge on any atom is 0.175 e. The highest BCUT2D eigenvalue weighted by atomic mass is 79.9. The van der Waals surface area contributed by atoms with Gasteiger partial charge in [0.15, 0.2) is 11.5 Å². The lowest BCUT2D eigenvalue weighted by Gasteiger charge is -2.14. The van der Waals surface area contributed by atoms with Crippen molar-refractivity contribution >= 4 is 27.5 Å². The third-order valence-electron chi connectivity index (χ3n) is 2.91. The molecule has 0 spiro atoms. The number of methoxy groups -OCH3 is 1. The average Bonchev–Trinajstić information content (AvgIpc) is 2.53. The Hall–Kier alpha value is -1.70. The van der Waals surface area contributed by atoms with Crippen LogP contribution in [0.3, 0.4) is 0 Å². The smallest absolute Gasteiger partial charge is 0.175 e. The number of halogens is 2. The van der Waals surface area contributed by atoms with Gasteiger partial charge in [-0.15, -0.1) is 11.6 Å². The van der Waals surface area contributed by atoms with Crippen molar-refractivity contribution in [2.24, 2.45) is 0 Å². The van der Waals surface area contributed by atoms with Gasteiger partial charge in [0.1, 0.15) is 6.61 Å². The molecule has 0 aliphatic carbocycles. The number of nitriles is 1. The maximum atomic E-state index is 8.78. The Morgan fingerprint density at radius 3 is 2.48 bits per heavy atom. The van der Waals surface area contributed by atoms with Crippen LogP contribution < -0.4 is 9.47 Å². The van der Waals surface area contributed by atoms with Crippen molar-refractivity contribution in [1.82, 2.24) is 0 Å². The Morgan fingerprint density at radius 1 is 1.19 bits per heavy atom. The zero-order valence-corrected chi connectivity index (χ0v) is 13.7. The molecular formula is C16H13BrClNO2. The summed E-state index contributed by atoms with van der Waals surface area (Å²) >= 11 is 9.31. The fourth-order valence-corrected chi connectivity index (χ4v) is 2.58. The fraction of sp³-hybridized carbons (Fsp3) is 0.188. The number of hydrogen-bond donors (Lipinski definition) is 0. The molecular weight excluding hydrogens is 354 g/mol. The first-order valence-electron chi connectivity index (χ1n) is 6.22. The van der Waals surface area contributed by atoms with Crippen LogP contribution in [-0.2, 0) is 12.5 Å². The van der Waals surface area contributed by atoms with Gasteiger partial charge in [-0.3, -0.25) is 0 Å². The van der Waals surface area contributed by atoms with E-state index in [2.05, 4.69) is 22.0 Å². The lowest BCUT2D eigenvalue weighted by Crippen LogP contribution is -1.99. The second-order valence-corrected chi connectivity index (χ2v) is 5.46. The zero-order valence-electron chi connectivity index (χ0n) is 11.4. The van der Waals surface area contributed by atoms with Crippen LogP contribution in [0.1, 0.15) is 16.7 Å². The topological polar surface area (TPSA) is 42.2 Å². The number of alkyl halides is 1. The van der Waals surface area contributed by atoms with Crippen molar-refractivity contribution in [1.29, 1.82) is 5.26 Å². The molecule has 0 aromatic heterocycles. The van der Waals surface area contributed by atoms with Crippen molar-refractivity contribution in [3.05, 3.63) is 57.6 Å². The van der Waals surface area contributed by atoms with Crippen LogP contribution in [0, 0.1) is 11.3 Å². The number of hydrogen-bond acceptors (Lipinski definition) is 3. The van der Waals surface area contributed by atoms with Crippen LogP contribution in [0.4, 0.5) is 0 Å². The van der Waals surface area contributed by atoms with Gasteiger partial charge < -0.3 is 9.47 Å². The molecule has 2 rings (SSSR count). The highest BCUT2D eigenvalue weighted by Gasteiger charge is 2.11. The molecule has 0 aliphatic heterocycles. The van der Waals surface area contributed by atoms with Gasteiger partial charge in [0.05, 0.1) is 23.2 Å². The molecule has 0 saturated heterocycles. The first-order chi connectivity index (χ1) is 10.2. The van der Waals surface area contributed by atoms with E-state index in [9.17, 15) is 0 Å². The molecule has 0 heterocycles. The maximum absolute atomic E-state index is 8.78. The Kier molecular flexibility index (Phi) is 5.49. The Morgan fingerprint density at radius 2 is 1.90 bits per heavy atom. The van der Waals surface area contributed by atoms with Gasteiger partial charge in [-0.05, 0) is 51.3 Å². The summed E-state index contributed by atoms with van der Waals surface area (Å²) in [6.07, 6.45) is 0. The first-order valence-corrected chi connectivity index (χ1v) is 7.55. The van der Waals surface area contributed by atoms with Crippen molar-refractivity contribution in [2.45, 2.75) is 12.5 Å². The minimum atomic E-state index is 0.390. The van der Waals surface area contributed by atoms with Crippen LogP contribution in [0.2, 0.25) is 0 Å². The van der Waals surface area contributed by atoms with Gasteiger partial charge >= 0.3 is 0 Å². The molecule has 0 atom stereocenters. The average molecular weight is 367 g/mol. The summed E-state index contributed by atoms with van der Waals surface area (Å²) in [6, 6.07) is 13.1. The lowest BCUT2D eigenvalue weighted by atomic mass is 10.1. The van der Waals surface area contributed by atoms with Crippen LogP contribution in [0.5, 0.6) is 11.5 Å². The zero-order chi connectivity index (χ0) is 15.2. The van der Waals surface area contributed by atoms with E-state index in [1.807, 2.05) is 24.3 Å². The second-order valence-electron chi connectivity index (χ2n) is 4.34. The minimum Gasteiger partial charge on any atom is -0.493 e. The number of rotatable bonds is 5. The van der Waals surface area contributed by atoms with Crippen molar-refractivity contribution in [2.75, 3.05) is 7.11 Å². The van der Waals surface area contributed by atoms with Gasteiger partial charge in [-0.2, -0.15) is 5.26 Å². The molecule has 2 aromatic carbocycles. The molecule has 108 valence electrons. The highest BCUT2D eigenvalue weighted by molar-refractivity contribution is 9.10. The Bertz CT molecular complexity index is 665. The minimum absolute atomic E-state index is 0.390. The summed E-state index contributed by atoms with van der Waals surface area (Å²) in [7, 11) is 1.59. The summed E-state index contributed by atoms with van der Waals surface area (Å²) in [4.78, 5) is 0. The van der Waals surface area contributed by atoms with Crippen molar-refractivity contribution in [3.63, 3.8) is 0 Å². The van der Waals surface area contributed by atoms with E-state index in [1.54, 1.807) is 19.2 Å². The first kappa shape index (κ1) is 15.7. The quantitative estimate of drug-likeness (QED) is 0.724. The van der Waals surface area contributed by atoms with E-state index in [0.29, 0.717) is 29.5 Å². The molecule has 21 heavy (non-hydrogen) atoms. The third kappa shape index (κ3) is 3.90. The summed E-state index contributed by atoms with van der Waals surface area (Å²) in [5.74, 6) is 1.68. The van der Waals surface area contributed by atoms with Crippen molar-refractivity contribution in [3.8, 4) is 17.6 Å². The van der Waals surface area contributed by atoms with Crippen LogP contribution in [0.15, 0.2) is 40.9 Å². The van der Waals surface area contributed by atoms with Gasteiger partial charge in [0.2, 0.25) is 0 Å². The van der Waals surface area contributed by atoms with Crippen molar-refractivity contribution < 1.29 is 9.47 Å². The van der Waals surface area contributed by atoms with E-state index < -0.39 is 0 Å². The third-order valence-corrected chi connectivity index (χ3v) is 3.81. The molecule has 0 N–H and O–H groups in total. The number of nitrogens with zero attached hydrogens (tertiary/aromatic N) is 1.